The summed E-state index contributed by atoms with van der Waals surface area (Å²) in [6.07, 6.45) is 1.61. The largest absolute Gasteiger partial charge is 0.494 e. The van der Waals surface area contributed by atoms with Crippen LogP contribution in [0.1, 0.15) is 18.1 Å². The Morgan fingerprint density at radius 1 is 1.06 bits per heavy atom. The smallest absolute Gasteiger partial charge is 0.250 e. The Labute approximate surface area is 213 Å². The van der Waals surface area contributed by atoms with E-state index in [2.05, 4.69) is 20.7 Å². The van der Waals surface area contributed by atoms with Crippen LogP contribution < -0.4 is 10.2 Å². The highest BCUT2D eigenvalue weighted by Gasteiger charge is 2.17. The number of halogens is 1. The van der Waals surface area contributed by atoms with E-state index in [0.717, 1.165) is 28.1 Å². The van der Waals surface area contributed by atoms with E-state index in [4.69, 9.17) is 16.3 Å². The van der Waals surface area contributed by atoms with Crippen LogP contribution in [-0.4, -0.2) is 39.2 Å². The van der Waals surface area contributed by atoms with E-state index in [1.807, 2.05) is 79.1 Å². The molecule has 1 N–H and O–H groups in total. The first-order valence-corrected chi connectivity index (χ1v) is 12.4. The number of hydrogen-bond donors (Lipinski definition) is 1. The summed E-state index contributed by atoms with van der Waals surface area (Å²) in [5.74, 6) is 1.30. The molecule has 1 aromatic heterocycles. The monoisotopic (exact) mass is 505 g/mol. The summed E-state index contributed by atoms with van der Waals surface area (Å²) in [6.45, 7) is 4.55. The van der Waals surface area contributed by atoms with Crippen LogP contribution in [0.25, 0.3) is 17.1 Å². The molecule has 0 saturated heterocycles. The highest BCUT2D eigenvalue weighted by atomic mass is 35.5. The Kier molecular flexibility index (Phi) is 8.18. The summed E-state index contributed by atoms with van der Waals surface area (Å²) < 4.78 is 7.47. The zero-order chi connectivity index (χ0) is 24.6. The minimum absolute atomic E-state index is 0.126. The molecule has 0 unspecified atom stereocenters. The first-order chi connectivity index (χ1) is 17.0. The fraction of sp³-hybridized carbons (Fsp3) is 0.154. The molecular formula is C26H24ClN5O2S. The zero-order valence-corrected chi connectivity index (χ0v) is 20.9. The number of carbonyl (C=O) groups excluding carboxylic acids is 1. The predicted octanol–water partition coefficient (Wildman–Crippen LogP) is 5.54. The molecule has 178 valence electrons. The van der Waals surface area contributed by atoms with Crippen LogP contribution in [0.15, 0.2) is 83.1 Å². The van der Waals surface area contributed by atoms with Gasteiger partial charge in [0.1, 0.15) is 5.75 Å². The summed E-state index contributed by atoms with van der Waals surface area (Å²) in [6, 6.07) is 22.9. The molecule has 1 amide bonds. The number of ether oxygens (including phenoxy) is 1. The highest BCUT2D eigenvalue weighted by Crippen LogP contribution is 2.29. The van der Waals surface area contributed by atoms with Crippen LogP contribution in [-0.2, 0) is 4.79 Å². The van der Waals surface area contributed by atoms with Crippen molar-refractivity contribution in [2.45, 2.75) is 19.0 Å². The zero-order valence-electron chi connectivity index (χ0n) is 19.3. The molecule has 0 atom stereocenters. The number of carbonyl (C=O) groups is 1. The van der Waals surface area contributed by atoms with Gasteiger partial charge in [0.2, 0.25) is 0 Å². The second-order valence-electron chi connectivity index (χ2n) is 7.57. The first kappa shape index (κ1) is 24.5. The van der Waals surface area contributed by atoms with Gasteiger partial charge in [-0.2, -0.15) is 5.10 Å². The number of rotatable bonds is 9. The number of benzene rings is 3. The van der Waals surface area contributed by atoms with Gasteiger partial charge in [0, 0.05) is 16.3 Å². The van der Waals surface area contributed by atoms with E-state index in [1.54, 1.807) is 18.3 Å². The van der Waals surface area contributed by atoms with Crippen molar-refractivity contribution >= 4 is 35.5 Å². The molecule has 0 radical (unpaired) electrons. The lowest BCUT2D eigenvalue weighted by Gasteiger charge is -2.11. The number of hydrogen-bond acceptors (Lipinski definition) is 6. The molecule has 0 spiro atoms. The third kappa shape index (κ3) is 6.49. The van der Waals surface area contributed by atoms with Crippen LogP contribution >= 0.6 is 23.4 Å². The van der Waals surface area contributed by atoms with E-state index < -0.39 is 0 Å². The van der Waals surface area contributed by atoms with Crippen molar-refractivity contribution in [2.75, 3.05) is 12.4 Å². The molecule has 0 fully saturated rings. The molecule has 4 rings (SSSR count). The van der Waals surface area contributed by atoms with Crippen LogP contribution in [0.3, 0.4) is 0 Å². The minimum Gasteiger partial charge on any atom is -0.494 e. The second-order valence-corrected chi connectivity index (χ2v) is 8.95. The van der Waals surface area contributed by atoms with Gasteiger partial charge in [-0.15, -0.1) is 10.2 Å². The SMILES string of the molecule is CCOc1ccc(-n2c(SCC(=O)N/N=C\c3ccc(C)cc3)nnc2-c2ccc(Cl)cc2)cc1. The molecule has 35 heavy (non-hydrogen) atoms. The third-order valence-electron chi connectivity index (χ3n) is 4.95. The predicted molar refractivity (Wildman–Crippen MR) is 141 cm³/mol. The van der Waals surface area contributed by atoms with Gasteiger partial charge in [0.15, 0.2) is 11.0 Å². The van der Waals surface area contributed by atoms with Gasteiger partial charge in [-0.25, -0.2) is 5.43 Å². The quantitative estimate of drug-likeness (QED) is 0.183. The van der Waals surface area contributed by atoms with Crippen molar-refractivity contribution in [2.24, 2.45) is 5.10 Å². The topological polar surface area (TPSA) is 81.4 Å². The number of thioether (sulfide) groups is 1. The van der Waals surface area contributed by atoms with Crippen molar-refractivity contribution in [1.29, 1.82) is 0 Å². The average molecular weight is 506 g/mol. The number of nitrogens with zero attached hydrogens (tertiary/aromatic N) is 4. The number of hydrazone groups is 1. The standard InChI is InChI=1S/C26H24ClN5O2S/c1-3-34-23-14-12-22(13-15-23)32-25(20-8-10-21(27)11-9-20)30-31-26(32)35-17-24(33)29-28-16-19-6-4-18(2)5-7-19/h4-16H,3,17H2,1-2H3,(H,29,33)/b28-16-. The lowest BCUT2D eigenvalue weighted by Crippen LogP contribution is -2.20. The molecule has 3 aromatic carbocycles. The van der Waals surface area contributed by atoms with Crippen molar-refractivity contribution in [3.63, 3.8) is 0 Å². The number of aryl methyl sites for hydroxylation is 1. The number of nitrogens with one attached hydrogen (secondary N) is 1. The highest BCUT2D eigenvalue weighted by molar-refractivity contribution is 7.99. The molecule has 1 heterocycles. The second kappa shape index (κ2) is 11.7. The molecule has 0 bridgehead atoms. The molecule has 0 saturated carbocycles. The summed E-state index contributed by atoms with van der Waals surface area (Å²) >= 11 is 7.34. The maximum Gasteiger partial charge on any atom is 0.250 e. The Balaban J connectivity index is 1.52. The summed E-state index contributed by atoms with van der Waals surface area (Å²) in [5, 5.41) is 14.0. The van der Waals surface area contributed by atoms with Gasteiger partial charge in [0.25, 0.3) is 5.91 Å². The Hall–Kier alpha value is -3.62. The van der Waals surface area contributed by atoms with E-state index in [0.29, 0.717) is 22.6 Å². The number of aromatic nitrogens is 3. The van der Waals surface area contributed by atoms with Crippen LogP contribution in [0.4, 0.5) is 0 Å². The molecule has 0 aliphatic rings. The van der Waals surface area contributed by atoms with Gasteiger partial charge < -0.3 is 4.74 Å². The molecule has 0 aliphatic carbocycles. The van der Waals surface area contributed by atoms with Gasteiger partial charge in [-0.3, -0.25) is 9.36 Å². The molecule has 4 aromatic rings. The fourth-order valence-corrected chi connectivity index (χ4v) is 4.10. The van der Waals surface area contributed by atoms with Crippen molar-refractivity contribution < 1.29 is 9.53 Å². The summed E-state index contributed by atoms with van der Waals surface area (Å²) in [4.78, 5) is 12.4. The van der Waals surface area contributed by atoms with E-state index in [9.17, 15) is 4.79 Å². The van der Waals surface area contributed by atoms with Crippen LogP contribution in [0, 0.1) is 6.92 Å². The lowest BCUT2D eigenvalue weighted by atomic mass is 10.2. The average Bonchev–Trinajstić information content (AvgIpc) is 3.29. The first-order valence-electron chi connectivity index (χ1n) is 11.0. The Morgan fingerprint density at radius 2 is 1.77 bits per heavy atom. The van der Waals surface area contributed by atoms with E-state index in [-0.39, 0.29) is 11.7 Å². The minimum atomic E-state index is -0.243. The molecule has 0 aliphatic heterocycles. The normalized spacial score (nSPS) is 11.1. The van der Waals surface area contributed by atoms with Gasteiger partial charge in [-0.05, 0) is 67.9 Å². The molecule has 7 nitrogen and oxygen atoms in total. The summed E-state index contributed by atoms with van der Waals surface area (Å²) in [5.41, 5.74) is 6.34. The molecule has 9 heteroatoms. The molecular weight excluding hydrogens is 482 g/mol. The Bertz CT molecular complexity index is 1300. The van der Waals surface area contributed by atoms with Gasteiger partial charge >= 0.3 is 0 Å². The van der Waals surface area contributed by atoms with E-state index in [1.165, 1.54) is 11.8 Å². The van der Waals surface area contributed by atoms with Crippen molar-refractivity contribution in [3.8, 4) is 22.8 Å². The van der Waals surface area contributed by atoms with Crippen LogP contribution in [0.2, 0.25) is 5.02 Å². The van der Waals surface area contributed by atoms with Crippen molar-refractivity contribution in [1.82, 2.24) is 20.2 Å². The number of amides is 1. The van der Waals surface area contributed by atoms with Gasteiger partial charge in [-0.1, -0.05) is 53.2 Å². The van der Waals surface area contributed by atoms with E-state index >= 15 is 0 Å². The van der Waals surface area contributed by atoms with Crippen LogP contribution in [0.5, 0.6) is 5.75 Å². The fourth-order valence-electron chi connectivity index (χ4n) is 3.23. The summed E-state index contributed by atoms with van der Waals surface area (Å²) in [7, 11) is 0. The third-order valence-corrected chi connectivity index (χ3v) is 6.14. The Morgan fingerprint density at radius 3 is 2.46 bits per heavy atom. The maximum atomic E-state index is 12.4. The maximum absolute atomic E-state index is 12.4. The lowest BCUT2D eigenvalue weighted by molar-refractivity contribution is -0.118. The van der Waals surface area contributed by atoms with Gasteiger partial charge in [0.05, 0.1) is 18.6 Å². The van der Waals surface area contributed by atoms with Crippen molar-refractivity contribution in [3.05, 3.63) is 88.9 Å².